The predicted octanol–water partition coefficient (Wildman–Crippen LogP) is 2.17. The van der Waals surface area contributed by atoms with Gasteiger partial charge in [0.1, 0.15) is 0 Å². The molecule has 1 fully saturated rings. The molecule has 1 heterocycles. The number of benzene rings is 1. The second-order valence-corrected chi connectivity index (χ2v) is 5.28. The molecule has 1 aliphatic rings. The van der Waals surface area contributed by atoms with Gasteiger partial charge < -0.3 is 14.8 Å². The third kappa shape index (κ3) is 4.94. The number of hydrogen-bond acceptors (Lipinski definition) is 3. The lowest BCUT2D eigenvalue weighted by atomic mass is 10.1. The van der Waals surface area contributed by atoms with E-state index in [9.17, 15) is 4.79 Å². The molecule has 1 aliphatic heterocycles. The number of hydrogen-bond donors (Lipinski definition) is 1. The molecule has 4 nitrogen and oxygen atoms in total. The summed E-state index contributed by atoms with van der Waals surface area (Å²) in [5, 5.41) is 2.90. The molecule has 0 saturated carbocycles. The van der Waals surface area contributed by atoms with E-state index in [1.54, 1.807) is 0 Å². The summed E-state index contributed by atoms with van der Waals surface area (Å²) < 4.78 is 10.9. The molecule has 2 rings (SSSR count). The van der Waals surface area contributed by atoms with Crippen LogP contribution in [-0.2, 0) is 9.47 Å². The van der Waals surface area contributed by atoms with E-state index < -0.39 is 0 Å². The zero-order valence-electron chi connectivity index (χ0n) is 12.1. The van der Waals surface area contributed by atoms with E-state index in [4.69, 9.17) is 9.47 Å². The molecule has 1 unspecified atom stereocenters. The van der Waals surface area contributed by atoms with Crippen molar-refractivity contribution in [3.8, 4) is 0 Å². The summed E-state index contributed by atoms with van der Waals surface area (Å²) in [6, 6.07) is 7.59. The first-order chi connectivity index (χ1) is 9.75. The van der Waals surface area contributed by atoms with E-state index in [0.29, 0.717) is 24.6 Å². The number of nitrogens with one attached hydrogen (secondary N) is 1. The molecule has 0 bridgehead atoms. The molecule has 1 atom stereocenters. The van der Waals surface area contributed by atoms with Gasteiger partial charge in [-0.3, -0.25) is 4.79 Å². The van der Waals surface area contributed by atoms with Crippen LogP contribution in [0.5, 0.6) is 0 Å². The molecule has 0 aliphatic carbocycles. The Hall–Kier alpha value is -1.39. The summed E-state index contributed by atoms with van der Waals surface area (Å²) in [4.78, 5) is 11.8. The zero-order chi connectivity index (χ0) is 14.2. The van der Waals surface area contributed by atoms with Crippen LogP contribution in [0.15, 0.2) is 24.3 Å². The molecular formula is C16H23NO3. The van der Waals surface area contributed by atoms with Gasteiger partial charge in [-0.05, 0) is 31.9 Å². The van der Waals surface area contributed by atoms with Crippen LogP contribution in [0.25, 0.3) is 0 Å². The molecule has 1 aromatic carbocycles. The van der Waals surface area contributed by atoms with Crippen molar-refractivity contribution in [2.24, 2.45) is 5.92 Å². The van der Waals surface area contributed by atoms with Crippen LogP contribution < -0.4 is 5.32 Å². The average Bonchev–Trinajstić information content (AvgIpc) is 2.96. The molecule has 1 aromatic rings. The molecule has 1 amide bonds. The second-order valence-electron chi connectivity index (χ2n) is 5.28. The van der Waals surface area contributed by atoms with Gasteiger partial charge in [-0.25, -0.2) is 0 Å². The fraction of sp³-hybridized carbons (Fsp3) is 0.562. The Morgan fingerprint density at radius 2 is 2.20 bits per heavy atom. The fourth-order valence-electron chi connectivity index (χ4n) is 2.15. The Kier molecular flexibility index (Phi) is 6.02. The minimum Gasteiger partial charge on any atom is -0.381 e. The Morgan fingerprint density at radius 3 is 2.90 bits per heavy atom. The molecule has 1 N–H and O–H groups in total. The van der Waals surface area contributed by atoms with Gasteiger partial charge in [0.25, 0.3) is 5.91 Å². The van der Waals surface area contributed by atoms with E-state index in [-0.39, 0.29) is 5.91 Å². The SMILES string of the molecule is Cc1ccc(C(=O)NCCCOCC2CCOC2)cc1. The van der Waals surface area contributed by atoms with E-state index in [1.165, 1.54) is 0 Å². The maximum Gasteiger partial charge on any atom is 0.251 e. The van der Waals surface area contributed by atoms with E-state index in [2.05, 4.69) is 5.32 Å². The lowest BCUT2D eigenvalue weighted by molar-refractivity contribution is 0.0853. The van der Waals surface area contributed by atoms with Crippen molar-refractivity contribution in [1.29, 1.82) is 0 Å². The number of carbonyl (C=O) groups excluding carboxylic acids is 1. The van der Waals surface area contributed by atoms with E-state index >= 15 is 0 Å². The van der Waals surface area contributed by atoms with Gasteiger partial charge in [-0.1, -0.05) is 17.7 Å². The molecule has 0 spiro atoms. The quantitative estimate of drug-likeness (QED) is 0.777. The van der Waals surface area contributed by atoms with Crippen molar-refractivity contribution >= 4 is 5.91 Å². The van der Waals surface area contributed by atoms with E-state index in [1.807, 2.05) is 31.2 Å². The first-order valence-corrected chi connectivity index (χ1v) is 7.26. The second kappa shape index (κ2) is 8.02. The first kappa shape index (κ1) is 15.0. The summed E-state index contributed by atoms with van der Waals surface area (Å²) >= 11 is 0. The van der Waals surface area contributed by atoms with Crippen LogP contribution in [0.1, 0.15) is 28.8 Å². The van der Waals surface area contributed by atoms with Gasteiger partial charge in [0.2, 0.25) is 0 Å². The van der Waals surface area contributed by atoms with Crippen molar-refractivity contribution in [3.63, 3.8) is 0 Å². The normalized spacial score (nSPS) is 18.1. The van der Waals surface area contributed by atoms with Crippen LogP contribution >= 0.6 is 0 Å². The lowest BCUT2D eigenvalue weighted by Crippen LogP contribution is -2.25. The number of ether oxygens (including phenoxy) is 2. The van der Waals surface area contributed by atoms with Gasteiger partial charge in [0.05, 0.1) is 13.2 Å². The third-order valence-corrected chi connectivity index (χ3v) is 3.44. The smallest absolute Gasteiger partial charge is 0.251 e. The van der Waals surface area contributed by atoms with Gasteiger partial charge in [0.15, 0.2) is 0 Å². The van der Waals surface area contributed by atoms with Crippen LogP contribution in [0.2, 0.25) is 0 Å². The molecule has 0 radical (unpaired) electrons. The molecule has 110 valence electrons. The van der Waals surface area contributed by atoms with Crippen LogP contribution in [0, 0.1) is 12.8 Å². The summed E-state index contributed by atoms with van der Waals surface area (Å²) in [7, 11) is 0. The Labute approximate surface area is 120 Å². The van der Waals surface area contributed by atoms with Gasteiger partial charge in [0, 0.05) is 31.2 Å². The molecule has 20 heavy (non-hydrogen) atoms. The number of aryl methyl sites for hydroxylation is 1. The maximum absolute atomic E-state index is 11.8. The van der Waals surface area contributed by atoms with Gasteiger partial charge in [-0.15, -0.1) is 0 Å². The highest BCUT2D eigenvalue weighted by atomic mass is 16.5. The Balaban J connectivity index is 1.54. The van der Waals surface area contributed by atoms with Crippen molar-refractivity contribution < 1.29 is 14.3 Å². The van der Waals surface area contributed by atoms with Crippen LogP contribution in [-0.4, -0.2) is 38.9 Å². The highest BCUT2D eigenvalue weighted by Gasteiger charge is 2.15. The third-order valence-electron chi connectivity index (χ3n) is 3.44. The Bertz CT molecular complexity index is 410. The van der Waals surface area contributed by atoms with Crippen LogP contribution in [0.3, 0.4) is 0 Å². The van der Waals surface area contributed by atoms with Crippen molar-refractivity contribution in [2.45, 2.75) is 19.8 Å². The number of rotatable bonds is 7. The predicted molar refractivity (Wildman–Crippen MR) is 77.9 cm³/mol. The summed E-state index contributed by atoms with van der Waals surface area (Å²) in [5.41, 5.74) is 1.87. The number of carbonyl (C=O) groups is 1. The van der Waals surface area contributed by atoms with Crippen molar-refractivity contribution in [2.75, 3.05) is 33.0 Å². The van der Waals surface area contributed by atoms with E-state index in [0.717, 1.165) is 38.2 Å². The first-order valence-electron chi connectivity index (χ1n) is 7.26. The van der Waals surface area contributed by atoms with Crippen molar-refractivity contribution in [1.82, 2.24) is 5.32 Å². The monoisotopic (exact) mass is 277 g/mol. The number of amides is 1. The molecule has 0 aromatic heterocycles. The minimum absolute atomic E-state index is 0.0193. The van der Waals surface area contributed by atoms with Crippen molar-refractivity contribution in [3.05, 3.63) is 35.4 Å². The molecule has 1 saturated heterocycles. The lowest BCUT2D eigenvalue weighted by Gasteiger charge is -2.09. The topological polar surface area (TPSA) is 47.6 Å². The zero-order valence-corrected chi connectivity index (χ0v) is 12.1. The molecule has 4 heteroatoms. The van der Waals surface area contributed by atoms with Gasteiger partial charge >= 0.3 is 0 Å². The van der Waals surface area contributed by atoms with Gasteiger partial charge in [-0.2, -0.15) is 0 Å². The molecular weight excluding hydrogens is 254 g/mol. The highest BCUT2D eigenvalue weighted by Crippen LogP contribution is 2.12. The van der Waals surface area contributed by atoms with Crippen LogP contribution in [0.4, 0.5) is 0 Å². The highest BCUT2D eigenvalue weighted by molar-refractivity contribution is 5.94. The Morgan fingerprint density at radius 1 is 1.40 bits per heavy atom. The average molecular weight is 277 g/mol. The maximum atomic E-state index is 11.8. The summed E-state index contributed by atoms with van der Waals surface area (Å²) in [6.45, 7) is 5.80. The fourth-order valence-corrected chi connectivity index (χ4v) is 2.15. The largest absolute Gasteiger partial charge is 0.381 e. The summed E-state index contributed by atoms with van der Waals surface area (Å²) in [6.07, 6.45) is 1.94. The summed E-state index contributed by atoms with van der Waals surface area (Å²) in [5.74, 6) is 0.534. The standard InChI is InChI=1S/C16H23NO3/c1-13-3-5-15(6-4-13)16(18)17-8-2-9-19-11-14-7-10-20-12-14/h3-6,14H,2,7-12H2,1H3,(H,17,18). The minimum atomic E-state index is -0.0193.